The van der Waals surface area contributed by atoms with Crippen LogP contribution in [0, 0.1) is 6.92 Å². The van der Waals surface area contributed by atoms with Gasteiger partial charge in [0.05, 0.1) is 11.0 Å². The maximum atomic E-state index is 6.35. The maximum Gasteiger partial charge on any atom is 0.164 e. The fraction of sp³-hybridized carbons (Fsp3) is 0.0217. The highest BCUT2D eigenvalue weighted by molar-refractivity contribution is 6.11. The van der Waals surface area contributed by atoms with Crippen molar-refractivity contribution < 1.29 is 4.42 Å². The van der Waals surface area contributed by atoms with Gasteiger partial charge in [0.15, 0.2) is 17.5 Å². The van der Waals surface area contributed by atoms with Gasteiger partial charge < -0.3 is 8.98 Å². The lowest BCUT2D eigenvalue weighted by Gasteiger charge is -2.09. The molecule has 0 saturated carbocycles. The van der Waals surface area contributed by atoms with Gasteiger partial charge in [-0.2, -0.15) is 0 Å². The van der Waals surface area contributed by atoms with Crippen molar-refractivity contribution in [1.29, 1.82) is 0 Å². The number of furan rings is 1. The Morgan fingerprint density at radius 2 is 0.882 bits per heavy atom. The first kappa shape index (κ1) is 29.1. The van der Waals surface area contributed by atoms with Crippen molar-refractivity contribution >= 4 is 43.7 Å². The van der Waals surface area contributed by atoms with Gasteiger partial charge >= 0.3 is 0 Å². The van der Waals surface area contributed by atoms with Gasteiger partial charge in [0.1, 0.15) is 11.2 Å². The number of aromatic nitrogens is 4. The van der Waals surface area contributed by atoms with E-state index in [1.165, 1.54) is 27.4 Å². The molecule has 3 heterocycles. The molecular weight excluding hydrogens is 625 g/mol. The summed E-state index contributed by atoms with van der Waals surface area (Å²) in [7, 11) is 0. The van der Waals surface area contributed by atoms with Gasteiger partial charge in [0, 0.05) is 43.9 Å². The Labute approximate surface area is 294 Å². The van der Waals surface area contributed by atoms with Crippen molar-refractivity contribution in [3.63, 3.8) is 0 Å². The lowest BCUT2D eigenvalue weighted by Crippen LogP contribution is -2.00. The number of benzene rings is 7. The first-order chi connectivity index (χ1) is 25.2. The SMILES string of the molecule is Cc1ccc(-n2c3ccccc3c3cc(-c4ccc5oc6ccc(-c7nc(-c8ccccc8)nc(-c8ccccc8)n7)cc6c5c4)ccc32)cc1. The number of rotatable bonds is 5. The molecule has 0 aliphatic carbocycles. The van der Waals surface area contributed by atoms with Gasteiger partial charge in [-0.15, -0.1) is 0 Å². The number of fused-ring (bicyclic) bond motifs is 6. The maximum absolute atomic E-state index is 6.35. The molecule has 0 atom stereocenters. The molecule has 10 aromatic rings. The number of hydrogen-bond acceptors (Lipinski definition) is 4. The first-order valence-electron chi connectivity index (χ1n) is 17.1. The van der Waals surface area contributed by atoms with Gasteiger partial charge in [-0.25, -0.2) is 15.0 Å². The summed E-state index contributed by atoms with van der Waals surface area (Å²) >= 11 is 0. The topological polar surface area (TPSA) is 56.7 Å². The summed E-state index contributed by atoms with van der Waals surface area (Å²) in [6, 6.07) is 56.9. The zero-order valence-corrected chi connectivity index (χ0v) is 27.8. The molecule has 0 spiro atoms. The zero-order valence-electron chi connectivity index (χ0n) is 27.8. The molecule has 0 unspecified atom stereocenters. The van der Waals surface area contributed by atoms with Gasteiger partial charge in [-0.05, 0) is 78.7 Å². The molecule has 0 fully saturated rings. The second-order valence-corrected chi connectivity index (χ2v) is 13.0. The predicted molar refractivity (Wildman–Crippen MR) is 208 cm³/mol. The molecule has 3 aromatic heterocycles. The number of para-hydroxylation sites is 1. The zero-order chi connectivity index (χ0) is 33.9. The van der Waals surface area contributed by atoms with Crippen LogP contribution in [0.2, 0.25) is 0 Å². The highest BCUT2D eigenvalue weighted by Crippen LogP contribution is 2.38. The third-order valence-electron chi connectivity index (χ3n) is 9.72. The third kappa shape index (κ3) is 4.98. The minimum atomic E-state index is 0.616. The molecule has 5 nitrogen and oxygen atoms in total. The van der Waals surface area contributed by atoms with Crippen molar-refractivity contribution in [2.24, 2.45) is 0 Å². The normalized spacial score (nSPS) is 11.6. The van der Waals surface area contributed by atoms with Crippen LogP contribution in [0.25, 0.3) is 94.7 Å². The third-order valence-corrected chi connectivity index (χ3v) is 9.72. The second kappa shape index (κ2) is 11.6. The fourth-order valence-electron chi connectivity index (χ4n) is 7.16. The molecule has 10 rings (SSSR count). The van der Waals surface area contributed by atoms with E-state index in [1.54, 1.807) is 0 Å². The molecule has 0 N–H and O–H groups in total. The second-order valence-electron chi connectivity index (χ2n) is 13.0. The minimum absolute atomic E-state index is 0.616. The minimum Gasteiger partial charge on any atom is -0.456 e. The molecule has 0 saturated heterocycles. The van der Waals surface area contributed by atoms with Gasteiger partial charge in [0.25, 0.3) is 0 Å². The van der Waals surface area contributed by atoms with E-state index in [0.29, 0.717) is 17.5 Å². The highest BCUT2D eigenvalue weighted by atomic mass is 16.3. The largest absolute Gasteiger partial charge is 0.456 e. The van der Waals surface area contributed by atoms with E-state index >= 15 is 0 Å². The van der Waals surface area contributed by atoms with Gasteiger partial charge in [-0.3, -0.25) is 0 Å². The summed E-state index contributed by atoms with van der Waals surface area (Å²) in [5, 5.41) is 4.52. The standard InChI is InChI=1S/C46H30N4O/c1-29-16-21-35(22-17-29)50-40-15-9-8-14-36(40)37-26-32(18-23-41(37)50)33-19-24-42-38(27-33)39-28-34(20-25-43(39)51-42)46-48-44(30-10-4-2-5-11-30)47-45(49-46)31-12-6-3-7-13-31/h2-28H,1H3. The van der Waals surface area contributed by atoms with Crippen molar-refractivity contribution in [3.8, 4) is 51.0 Å². The molecule has 0 radical (unpaired) electrons. The number of aryl methyl sites for hydroxylation is 1. The Morgan fingerprint density at radius 1 is 0.392 bits per heavy atom. The van der Waals surface area contributed by atoms with Crippen LogP contribution in [0.5, 0.6) is 0 Å². The summed E-state index contributed by atoms with van der Waals surface area (Å²) in [5.74, 6) is 1.89. The summed E-state index contributed by atoms with van der Waals surface area (Å²) < 4.78 is 8.71. The van der Waals surface area contributed by atoms with Crippen LogP contribution >= 0.6 is 0 Å². The average molecular weight is 655 g/mol. The van der Waals surface area contributed by atoms with Crippen LogP contribution in [0.15, 0.2) is 168 Å². The van der Waals surface area contributed by atoms with Crippen molar-refractivity contribution in [1.82, 2.24) is 19.5 Å². The van der Waals surface area contributed by atoms with Crippen LogP contribution < -0.4 is 0 Å². The van der Waals surface area contributed by atoms with Crippen LogP contribution in [0.4, 0.5) is 0 Å². The Balaban J connectivity index is 1.11. The summed E-state index contributed by atoms with van der Waals surface area (Å²) in [6.07, 6.45) is 0. The van der Waals surface area contributed by atoms with E-state index in [-0.39, 0.29) is 0 Å². The molecule has 0 bridgehead atoms. The van der Waals surface area contributed by atoms with Crippen molar-refractivity contribution in [2.75, 3.05) is 0 Å². The molecule has 0 aliphatic rings. The smallest absolute Gasteiger partial charge is 0.164 e. The van der Waals surface area contributed by atoms with E-state index in [4.69, 9.17) is 19.4 Å². The lowest BCUT2D eigenvalue weighted by atomic mass is 10.00. The highest BCUT2D eigenvalue weighted by Gasteiger charge is 2.17. The van der Waals surface area contributed by atoms with E-state index in [1.807, 2.05) is 72.8 Å². The molecule has 7 aromatic carbocycles. The summed E-state index contributed by atoms with van der Waals surface area (Å²) in [5.41, 5.74) is 11.5. The van der Waals surface area contributed by atoms with Crippen LogP contribution in [0.1, 0.15) is 5.56 Å². The Morgan fingerprint density at radius 3 is 1.53 bits per heavy atom. The molecule has 0 amide bonds. The van der Waals surface area contributed by atoms with Crippen LogP contribution in [-0.4, -0.2) is 19.5 Å². The van der Waals surface area contributed by atoms with E-state index < -0.39 is 0 Å². The summed E-state index contributed by atoms with van der Waals surface area (Å²) in [6.45, 7) is 2.12. The number of nitrogens with zero attached hydrogens (tertiary/aromatic N) is 4. The Hall–Kier alpha value is -6.85. The number of hydrogen-bond donors (Lipinski definition) is 0. The van der Waals surface area contributed by atoms with E-state index in [9.17, 15) is 0 Å². The average Bonchev–Trinajstić information content (AvgIpc) is 3.73. The van der Waals surface area contributed by atoms with Gasteiger partial charge in [0.2, 0.25) is 0 Å². The quantitative estimate of drug-likeness (QED) is 0.185. The van der Waals surface area contributed by atoms with E-state index in [0.717, 1.165) is 55.4 Å². The Bertz CT molecular complexity index is 2850. The van der Waals surface area contributed by atoms with Crippen LogP contribution in [-0.2, 0) is 0 Å². The molecule has 0 aliphatic heterocycles. The predicted octanol–water partition coefficient (Wildman–Crippen LogP) is 11.8. The first-order valence-corrected chi connectivity index (χ1v) is 17.1. The molecule has 51 heavy (non-hydrogen) atoms. The van der Waals surface area contributed by atoms with E-state index in [2.05, 4.69) is 102 Å². The van der Waals surface area contributed by atoms with Crippen molar-refractivity contribution in [2.45, 2.75) is 6.92 Å². The molecule has 5 heteroatoms. The lowest BCUT2D eigenvalue weighted by molar-refractivity contribution is 0.669. The molecule has 240 valence electrons. The van der Waals surface area contributed by atoms with Crippen molar-refractivity contribution in [3.05, 3.63) is 169 Å². The van der Waals surface area contributed by atoms with Gasteiger partial charge in [-0.1, -0.05) is 109 Å². The fourth-order valence-corrected chi connectivity index (χ4v) is 7.16. The monoisotopic (exact) mass is 654 g/mol. The van der Waals surface area contributed by atoms with Crippen LogP contribution in [0.3, 0.4) is 0 Å². The molecular formula is C46H30N4O. The Kier molecular flexibility index (Phi) is 6.64. The summed E-state index contributed by atoms with van der Waals surface area (Å²) in [4.78, 5) is 14.8.